The van der Waals surface area contributed by atoms with Crippen LogP contribution in [0, 0.1) is 73.9 Å². The van der Waals surface area contributed by atoms with E-state index in [1.165, 1.54) is 27.7 Å². The number of aliphatic hydroxyl groups is 4. The third-order valence-corrected chi connectivity index (χ3v) is 19.1. The van der Waals surface area contributed by atoms with Gasteiger partial charge in [-0.15, -0.1) is 0 Å². The Hall–Kier alpha value is -3.27. The molecule has 8 aliphatic rings. The van der Waals surface area contributed by atoms with Crippen molar-refractivity contribution in [3.8, 4) is 0 Å². The molecule has 15 nitrogen and oxygen atoms in total. The third-order valence-electron chi connectivity index (χ3n) is 19.1. The van der Waals surface area contributed by atoms with Crippen LogP contribution in [-0.2, 0) is 52.5 Å². The normalized spacial score (nSPS) is 50.0. The predicted molar refractivity (Wildman–Crippen MR) is 219 cm³/mol. The number of fused-ring (bicyclic) bond motifs is 6. The molecule has 0 aromatic rings. The van der Waals surface area contributed by atoms with E-state index in [2.05, 4.69) is 0 Å². The van der Waals surface area contributed by atoms with E-state index in [1.54, 1.807) is 0 Å². The molecule has 63 heavy (non-hydrogen) atoms. The summed E-state index contributed by atoms with van der Waals surface area (Å²) in [6.45, 7) is 16.3. The van der Waals surface area contributed by atoms with Crippen LogP contribution >= 0.6 is 0 Å². The van der Waals surface area contributed by atoms with E-state index in [0.717, 1.165) is 0 Å². The van der Waals surface area contributed by atoms with Gasteiger partial charge in [0.2, 0.25) is 0 Å². The van der Waals surface area contributed by atoms with Crippen molar-refractivity contribution in [3.05, 3.63) is 0 Å². The Bertz CT molecular complexity index is 2010. The van der Waals surface area contributed by atoms with Crippen LogP contribution < -0.4 is 0 Å². The Kier molecular flexibility index (Phi) is 10.7. The summed E-state index contributed by atoms with van der Waals surface area (Å²) in [5.74, 6) is -9.16. The van der Waals surface area contributed by atoms with Gasteiger partial charge in [-0.05, 0) is 86.9 Å². The molecule has 350 valence electrons. The SMILES string of the molecule is CC(=O)OC1C2C(C)(C)C(OC(C)=O)CCC2(C)C2C(O)CC3CC2(C(=O)C3(O)CCC2C(=O)C34CC2CC(O)C3C2(C)CCC(OC(C)=O)C(C)(C)C2C(=O)C4OC(C)=O)C1O. The number of carbonyl (C=O) groups is 7. The fourth-order valence-corrected chi connectivity index (χ4v) is 17.6. The third kappa shape index (κ3) is 6.05. The highest BCUT2D eigenvalue weighted by Crippen LogP contribution is 2.74. The highest BCUT2D eigenvalue weighted by atomic mass is 16.6. The first-order chi connectivity index (χ1) is 29.1. The highest BCUT2D eigenvalue weighted by molar-refractivity contribution is 6.02. The molecular weight excluding hydrogens is 817 g/mol. The van der Waals surface area contributed by atoms with Gasteiger partial charge in [-0.1, -0.05) is 41.5 Å². The van der Waals surface area contributed by atoms with Crippen LogP contribution in [0.5, 0.6) is 0 Å². The fraction of sp³-hybridized carbons (Fsp3) is 0.854. The maximum atomic E-state index is 15.4. The van der Waals surface area contributed by atoms with Gasteiger partial charge in [-0.3, -0.25) is 33.6 Å². The van der Waals surface area contributed by atoms with Crippen molar-refractivity contribution < 1.29 is 72.9 Å². The van der Waals surface area contributed by atoms with E-state index >= 15 is 14.4 Å². The minimum atomic E-state index is -2.11. The first-order valence-corrected chi connectivity index (χ1v) is 23.2. The number of carbonyl (C=O) groups excluding carboxylic acids is 7. The van der Waals surface area contributed by atoms with Crippen LogP contribution in [0.4, 0.5) is 0 Å². The summed E-state index contributed by atoms with van der Waals surface area (Å²) in [6, 6.07) is 0. The van der Waals surface area contributed by atoms with E-state index in [4.69, 9.17) is 18.9 Å². The van der Waals surface area contributed by atoms with E-state index < -0.39 is 158 Å². The standard InChI is InChI=1S/C48H68O15/c1-21(49)60-30-12-14-44(9)34-28(53)17-25-19-46(34,40(63-24(4)52)32(55)36(44)42(30,5)6)38(56)27(25)11-16-48(59)26-18-29(54)35-45(10)15-13-31(61-22(2)50)43(7,8)37(45)33(62-23(3)51)39(57)47(35,20-26)41(48)58/h25-31,33-37,39-40,53-54,57,59H,11-20H2,1-10H3. The zero-order chi connectivity index (χ0) is 46.5. The molecule has 19 atom stereocenters. The zero-order valence-electron chi connectivity index (χ0n) is 38.4. The summed E-state index contributed by atoms with van der Waals surface area (Å²) in [4.78, 5) is 95.9. The average molecular weight is 885 g/mol. The number of ketones is 3. The van der Waals surface area contributed by atoms with Crippen molar-refractivity contribution >= 4 is 41.2 Å². The second-order valence-corrected chi connectivity index (χ2v) is 23.0. The highest BCUT2D eigenvalue weighted by Gasteiger charge is 2.81. The van der Waals surface area contributed by atoms with E-state index in [9.17, 15) is 39.6 Å². The van der Waals surface area contributed by atoms with Crippen molar-refractivity contribution in [2.24, 2.45) is 73.9 Å². The molecule has 8 aliphatic carbocycles. The molecule has 0 saturated heterocycles. The van der Waals surface area contributed by atoms with Crippen LogP contribution in [0.2, 0.25) is 0 Å². The van der Waals surface area contributed by atoms with Gasteiger partial charge in [0.05, 0.1) is 23.0 Å². The Labute approximate surface area is 369 Å². The van der Waals surface area contributed by atoms with E-state index in [-0.39, 0.29) is 44.3 Å². The summed E-state index contributed by atoms with van der Waals surface area (Å²) < 4.78 is 23.4. The van der Waals surface area contributed by atoms with Gasteiger partial charge in [0.15, 0.2) is 17.7 Å². The number of esters is 4. The first kappa shape index (κ1) is 46.3. The lowest BCUT2D eigenvalue weighted by molar-refractivity contribution is -0.282. The molecule has 0 radical (unpaired) electrons. The predicted octanol–water partition coefficient (Wildman–Crippen LogP) is 3.60. The van der Waals surface area contributed by atoms with Gasteiger partial charge in [0.25, 0.3) is 0 Å². The van der Waals surface area contributed by atoms with Gasteiger partial charge in [0, 0.05) is 68.1 Å². The fourth-order valence-electron chi connectivity index (χ4n) is 17.6. The molecule has 15 heteroatoms. The summed E-state index contributed by atoms with van der Waals surface area (Å²) in [6.07, 6.45) is -6.12. The molecule has 8 rings (SSSR count). The molecule has 19 unspecified atom stereocenters. The van der Waals surface area contributed by atoms with Gasteiger partial charge >= 0.3 is 23.9 Å². The van der Waals surface area contributed by atoms with Crippen LogP contribution in [-0.4, -0.2) is 110 Å². The van der Waals surface area contributed by atoms with Gasteiger partial charge in [-0.2, -0.15) is 0 Å². The first-order valence-electron chi connectivity index (χ1n) is 23.2. The Morgan fingerprint density at radius 2 is 1.17 bits per heavy atom. The van der Waals surface area contributed by atoms with Crippen molar-refractivity contribution in [1.82, 2.24) is 0 Å². The molecule has 0 aliphatic heterocycles. The second kappa shape index (κ2) is 14.6. The monoisotopic (exact) mass is 884 g/mol. The topological polar surface area (TPSA) is 237 Å². The summed E-state index contributed by atoms with van der Waals surface area (Å²) in [7, 11) is 0. The lowest BCUT2D eigenvalue weighted by atomic mass is 9.38. The van der Waals surface area contributed by atoms with Crippen LogP contribution in [0.25, 0.3) is 0 Å². The Morgan fingerprint density at radius 3 is 1.75 bits per heavy atom. The molecule has 4 N–H and O–H groups in total. The smallest absolute Gasteiger partial charge is 0.303 e. The zero-order valence-corrected chi connectivity index (χ0v) is 38.4. The van der Waals surface area contributed by atoms with Crippen LogP contribution in [0.1, 0.15) is 133 Å². The maximum absolute atomic E-state index is 15.4. The van der Waals surface area contributed by atoms with Crippen molar-refractivity contribution in [3.63, 3.8) is 0 Å². The summed E-state index contributed by atoms with van der Waals surface area (Å²) in [5.41, 5.74) is -9.09. The molecule has 0 amide bonds. The number of Topliss-reactive ketones (excluding diaryl/α,β-unsaturated/α-hetero) is 3. The van der Waals surface area contributed by atoms with Crippen molar-refractivity contribution in [1.29, 1.82) is 0 Å². The Balaban J connectivity index is 1.14. The number of hydrogen-bond donors (Lipinski definition) is 4. The lowest BCUT2D eigenvalue weighted by Gasteiger charge is -2.67. The molecule has 0 heterocycles. The number of aliphatic hydroxyl groups excluding tert-OH is 3. The molecular formula is C48H68O15. The Morgan fingerprint density at radius 1 is 0.651 bits per heavy atom. The number of ether oxygens (including phenoxy) is 4. The second-order valence-electron chi connectivity index (χ2n) is 23.0. The number of rotatable bonds is 7. The summed E-state index contributed by atoms with van der Waals surface area (Å²) >= 11 is 0. The van der Waals surface area contributed by atoms with Crippen LogP contribution in [0.3, 0.4) is 0 Å². The maximum Gasteiger partial charge on any atom is 0.303 e. The molecule has 8 saturated carbocycles. The average Bonchev–Trinajstić information content (AvgIpc) is 3.46. The largest absolute Gasteiger partial charge is 0.462 e. The van der Waals surface area contributed by atoms with E-state index in [1.807, 2.05) is 41.5 Å². The quantitative estimate of drug-likeness (QED) is 0.211. The van der Waals surface area contributed by atoms with Gasteiger partial charge in [-0.25, -0.2) is 0 Å². The summed E-state index contributed by atoms with van der Waals surface area (Å²) in [5, 5.41) is 49.9. The molecule has 8 fully saturated rings. The van der Waals surface area contributed by atoms with Gasteiger partial charge in [0.1, 0.15) is 35.8 Å². The number of hydrogen-bond acceptors (Lipinski definition) is 15. The lowest BCUT2D eigenvalue weighted by Crippen LogP contribution is -2.73. The molecule has 2 spiro atoms. The van der Waals surface area contributed by atoms with Crippen molar-refractivity contribution in [2.45, 2.75) is 182 Å². The van der Waals surface area contributed by atoms with Crippen molar-refractivity contribution in [2.75, 3.05) is 0 Å². The minimum Gasteiger partial charge on any atom is -0.462 e. The molecule has 0 aromatic heterocycles. The van der Waals surface area contributed by atoms with Gasteiger partial charge < -0.3 is 39.4 Å². The minimum absolute atomic E-state index is 0.0120. The van der Waals surface area contributed by atoms with Crippen LogP contribution in [0.15, 0.2) is 0 Å². The van der Waals surface area contributed by atoms with E-state index in [0.29, 0.717) is 25.7 Å². The molecule has 4 bridgehead atoms. The molecule has 0 aromatic carbocycles.